The molecule has 8 heteroatoms. The second-order valence-electron chi connectivity index (χ2n) is 4.79. The fourth-order valence-corrected chi connectivity index (χ4v) is 3.25. The van der Waals surface area contributed by atoms with E-state index in [9.17, 15) is 21.6 Å². The second-order valence-corrected chi connectivity index (χ2v) is 6.59. The first-order chi connectivity index (χ1) is 9.55. The fraction of sp³-hybridized carbons (Fsp3) is 0.538. The standard InChI is InChI=1S/C13H18F3NO3S/c1-9(20-3)8-21(18,19)17-10(2)11-4-6-12(7-5-11)13(14,15)16/h4-7,9-10,17H,8H2,1-3H3/t9-,10+/m0/s1. The van der Waals surface area contributed by atoms with Crippen LogP contribution in [0, 0.1) is 0 Å². The van der Waals surface area contributed by atoms with Crippen LogP contribution in [0.1, 0.15) is 31.0 Å². The van der Waals surface area contributed by atoms with Crippen LogP contribution in [0.2, 0.25) is 0 Å². The molecule has 0 radical (unpaired) electrons. The van der Waals surface area contributed by atoms with Crippen molar-refractivity contribution in [1.82, 2.24) is 4.72 Å². The van der Waals surface area contributed by atoms with Crippen LogP contribution in [-0.2, 0) is 20.9 Å². The quantitative estimate of drug-likeness (QED) is 0.875. The highest BCUT2D eigenvalue weighted by molar-refractivity contribution is 7.89. The molecule has 0 aromatic heterocycles. The predicted octanol–water partition coefficient (Wildman–Crippen LogP) is 2.72. The fourth-order valence-electron chi connectivity index (χ4n) is 1.72. The Balaban J connectivity index is 2.78. The van der Waals surface area contributed by atoms with E-state index >= 15 is 0 Å². The number of rotatable bonds is 6. The zero-order chi connectivity index (χ0) is 16.3. The van der Waals surface area contributed by atoms with E-state index in [0.717, 1.165) is 12.1 Å². The zero-order valence-electron chi connectivity index (χ0n) is 11.9. The average molecular weight is 325 g/mol. The minimum absolute atomic E-state index is 0.214. The van der Waals surface area contributed by atoms with Gasteiger partial charge in [-0.25, -0.2) is 13.1 Å². The summed E-state index contributed by atoms with van der Waals surface area (Å²) >= 11 is 0. The lowest BCUT2D eigenvalue weighted by Crippen LogP contribution is -2.33. The number of benzene rings is 1. The van der Waals surface area contributed by atoms with Crippen LogP contribution in [0.4, 0.5) is 13.2 Å². The van der Waals surface area contributed by atoms with E-state index in [1.54, 1.807) is 13.8 Å². The minimum Gasteiger partial charge on any atom is -0.381 e. The van der Waals surface area contributed by atoms with Gasteiger partial charge in [-0.3, -0.25) is 0 Å². The lowest BCUT2D eigenvalue weighted by molar-refractivity contribution is -0.137. The first-order valence-electron chi connectivity index (χ1n) is 6.25. The molecule has 0 aliphatic rings. The van der Waals surface area contributed by atoms with Gasteiger partial charge in [0.15, 0.2) is 0 Å². The van der Waals surface area contributed by atoms with Crippen LogP contribution >= 0.6 is 0 Å². The molecule has 2 atom stereocenters. The van der Waals surface area contributed by atoms with E-state index in [-0.39, 0.29) is 5.75 Å². The van der Waals surface area contributed by atoms with Gasteiger partial charge in [0.1, 0.15) is 0 Å². The molecule has 0 saturated carbocycles. The van der Waals surface area contributed by atoms with E-state index in [4.69, 9.17) is 4.74 Å². The second kappa shape index (κ2) is 6.76. The van der Waals surface area contributed by atoms with E-state index in [1.165, 1.54) is 19.2 Å². The summed E-state index contributed by atoms with van der Waals surface area (Å²) in [7, 11) is -2.17. The number of nitrogens with one attached hydrogen (secondary N) is 1. The number of ether oxygens (including phenoxy) is 1. The first-order valence-corrected chi connectivity index (χ1v) is 7.90. The number of alkyl halides is 3. The molecule has 120 valence electrons. The van der Waals surface area contributed by atoms with Crippen LogP contribution in [-0.4, -0.2) is 27.4 Å². The van der Waals surface area contributed by atoms with Gasteiger partial charge < -0.3 is 4.74 Å². The Morgan fingerprint density at radius 1 is 1.19 bits per heavy atom. The van der Waals surface area contributed by atoms with Gasteiger partial charge in [0.2, 0.25) is 10.0 Å². The Hall–Kier alpha value is -1.12. The van der Waals surface area contributed by atoms with E-state index in [2.05, 4.69) is 4.72 Å². The largest absolute Gasteiger partial charge is 0.416 e. The highest BCUT2D eigenvalue weighted by Gasteiger charge is 2.30. The summed E-state index contributed by atoms with van der Waals surface area (Å²) in [6.07, 6.45) is -4.88. The van der Waals surface area contributed by atoms with Crippen LogP contribution in [0.25, 0.3) is 0 Å². The monoisotopic (exact) mass is 325 g/mol. The molecule has 0 bridgehead atoms. The number of sulfonamides is 1. The van der Waals surface area contributed by atoms with Crippen molar-refractivity contribution in [2.45, 2.75) is 32.2 Å². The number of hydrogen-bond donors (Lipinski definition) is 1. The lowest BCUT2D eigenvalue weighted by Gasteiger charge is -2.17. The molecule has 0 heterocycles. The molecule has 1 rings (SSSR count). The summed E-state index contributed by atoms with van der Waals surface area (Å²) < 4.78 is 68.3. The summed E-state index contributed by atoms with van der Waals surface area (Å²) in [4.78, 5) is 0. The molecule has 21 heavy (non-hydrogen) atoms. The Labute approximate surface area is 122 Å². The molecule has 0 spiro atoms. The zero-order valence-corrected chi connectivity index (χ0v) is 12.8. The molecule has 1 N–H and O–H groups in total. The van der Waals surface area contributed by atoms with Gasteiger partial charge in [-0.2, -0.15) is 13.2 Å². The van der Waals surface area contributed by atoms with Crippen molar-refractivity contribution < 1.29 is 26.3 Å². The molecular weight excluding hydrogens is 307 g/mol. The van der Waals surface area contributed by atoms with Gasteiger partial charge in [-0.05, 0) is 31.5 Å². The van der Waals surface area contributed by atoms with Crippen LogP contribution in [0.3, 0.4) is 0 Å². The third-order valence-corrected chi connectivity index (χ3v) is 4.57. The number of methoxy groups -OCH3 is 1. The molecule has 0 aliphatic carbocycles. The van der Waals surface area contributed by atoms with E-state index < -0.39 is 33.9 Å². The molecule has 4 nitrogen and oxygen atoms in total. The maximum atomic E-state index is 12.4. The third kappa shape index (κ3) is 5.64. The van der Waals surface area contributed by atoms with Gasteiger partial charge in [0.05, 0.1) is 17.4 Å². The predicted molar refractivity (Wildman–Crippen MR) is 73.3 cm³/mol. The topological polar surface area (TPSA) is 55.4 Å². The Morgan fingerprint density at radius 3 is 2.14 bits per heavy atom. The Bertz CT molecular complexity index is 555. The lowest BCUT2D eigenvalue weighted by atomic mass is 10.1. The molecule has 0 amide bonds. The SMILES string of the molecule is CO[C@@H](C)CS(=O)(=O)N[C@H](C)c1ccc(C(F)(F)F)cc1. The number of halogens is 3. The highest BCUT2D eigenvalue weighted by atomic mass is 32.2. The summed E-state index contributed by atoms with van der Waals surface area (Å²) in [5, 5.41) is 0. The van der Waals surface area contributed by atoms with Crippen molar-refractivity contribution in [3.63, 3.8) is 0 Å². The van der Waals surface area contributed by atoms with Crippen LogP contribution < -0.4 is 4.72 Å². The maximum absolute atomic E-state index is 12.4. The summed E-state index contributed by atoms with van der Waals surface area (Å²) in [6, 6.07) is 3.75. The first kappa shape index (κ1) is 17.9. The summed E-state index contributed by atoms with van der Waals surface area (Å²) in [5.41, 5.74) is -0.314. The van der Waals surface area contributed by atoms with Gasteiger partial charge in [0, 0.05) is 13.2 Å². The smallest absolute Gasteiger partial charge is 0.381 e. The summed E-state index contributed by atoms with van der Waals surface area (Å²) in [6.45, 7) is 3.18. The van der Waals surface area contributed by atoms with Crippen LogP contribution in [0.15, 0.2) is 24.3 Å². The highest BCUT2D eigenvalue weighted by Crippen LogP contribution is 2.29. The molecular formula is C13H18F3NO3S. The van der Waals surface area contributed by atoms with Gasteiger partial charge in [0.25, 0.3) is 0 Å². The van der Waals surface area contributed by atoms with Gasteiger partial charge >= 0.3 is 6.18 Å². The number of hydrogen-bond acceptors (Lipinski definition) is 3. The minimum atomic E-state index is -4.41. The third-order valence-electron chi connectivity index (χ3n) is 2.95. The van der Waals surface area contributed by atoms with E-state index in [1.807, 2.05) is 0 Å². The molecule has 0 aliphatic heterocycles. The molecule has 0 saturated heterocycles. The summed E-state index contributed by atoms with van der Waals surface area (Å²) in [5.74, 6) is -0.214. The molecule has 1 aromatic carbocycles. The molecule has 1 aromatic rings. The van der Waals surface area contributed by atoms with Crippen molar-refractivity contribution in [2.24, 2.45) is 0 Å². The van der Waals surface area contributed by atoms with Crippen molar-refractivity contribution in [3.05, 3.63) is 35.4 Å². The van der Waals surface area contributed by atoms with Crippen molar-refractivity contribution >= 4 is 10.0 Å². The molecule has 0 fully saturated rings. The van der Waals surface area contributed by atoms with Crippen molar-refractivity contribution in [2.75, 3.05) is 12.9 Å². The average Bonchev–Trinajstić information content (AvgIpc) is 2.36. The molecule has 0 unspecified atom stereocenters. The van der Waals surface area contributed by atoms with Crippen molar-refractivity contribution in [3.8, 4) is 0 Å². The van der Waals surface area contributed by atoms with Crippen molar-refractivity contribution in [1.29, 1.82) is 0 Å². The normalized spacial score (nSPS) is 15.7. The van der Waals surface area contributed by atoms with Crippen LogP contribution in [0.5, 0.6) is 0 Å². The van der Waals surface area contributed by atoms with Gasteiger partial charge in [-0.15, -0.1) is 0 Å². The van der Waals surface area contributed by atoms with Gasteiger partial charge in [-0.1, -0.05) is 12.1 Å². The Morgan fingerprint density at radius 2 is 1.71 bits per heavy atom. The maximum Gasteiger partial charge on any atom is 0.416 e. The Kier molecular flexibility index (Phi) is 5.77. The van der Waals surface area contributed by atoms with E-state index in [0.29, 0.717) is 5.56 Å².